The maximum atomic E-state index is 13.9. The molecule has 2 aromatic heterocycles. The van der Waals surface area contributed by atoms with Crippen molar-refractivity contribution < 1.29 is 21.6 Å². The Morgan fingerprint density at radius 3 is 2.38 bits per heavy atom. The van der Waals surface area contributed by atoms with Crippen LogP contribution in [0.5, 0.6) is 0 Å². The molecule has 190 valence electrons. The summed E-state index contributed by atoms with van der Waals surface area (Å²) < 4.78 is 62.2. The number of halogens is 3. The molecule has 0 radical (unpaired) electrons. The molecule has 0 amide bonds. The molecule has 1 N–H and O–H groups in total. The molecule has 0 spiro atoms. The van der Waals surface area contributed by atoms with Gasteiger partial charge < -0.3 is 8.98 Å². The second kappa shape index (κ2) is 9.28. The van der Waals surface area contributed by atoms with Gasteiger partial charge in [-0.3, -0.25) is 4.72 Å². The molecule has 0 aliphatic rings. The number of hydrogen-bond acceptors (Lipinski definition) is 5. The van der Waals surface area contributed by atoms with Crippen molar-refractivity contribution in [2.45, 2.75) is 18.9 Å². The fourth-order valence-electron chi connectivity index (χ4n) is 4.59. The van der Waals surface area contributed by atoms with Gasteiger partial charge in [-0.15, -0.1) is 10.2 Å². The molecule has 0 aliphatic heterocycles. The third kappa shape index (κ3) is 4.58. The van der Waals surface area contributed by atoms with Crippen LogP contribution in [0.3, 0.4) is 0 Å². The van der Waals surface area contributed by atoms with Crippen LogP contribution in [0.1, 0.15) is 24.8 Å². The Morgan fingerprint density at radius 1 is 1.03 bits per heavy atom. The fourth-order valence-corrected chi connectivity index (χ4v) is 5.29. The van der Waals surface area contributed by atoms with Crippen molar-refractivity contribution in [2.75, 3.05) is 11.0 Å². The predicted octanol–water partition coefficient (Wildman–Crippen LogP) is 6.20. The molecule has 0 saturated heterocycles. The first-order valence-corrected chi connectivity index (χ1v) is 13.5. The minimum absolute atomic E-state index is 0.0453. The first-order valence-electron chi connectivity index (χ1n) is 11.3. The number of anilines is 1. The van der Waals surface area contributed by atoms with Crippen LogP contribution < -0.4 is 4.72 Å². The minimum atomic E-state index is -3.52. The molecule has 0 bridgehead atoms. The lowest BCUT2D eigenvalue weighted by Crippen LogP contribution is -2.35. The maximum absolute atomic E-state index is 13.9. The SMILES string of the molecule is CCC(c1ccc(Cl)cc1)(c1nnc(-c2cc(F)cc(F)c2)o1)n1ccc2c(NS(C)(=O)=O)cccc21. The van der Waals surface area contributed by atoms with Crippen molar-refractivity contribution in [3.8, 4) is 11.5 Å². The number of nitrogens with zero attached hydrogens (tertiary/aromatic N) is 3. The largest absolute Gasteiger partial charge is 0.418 e. The molecular weight excluding hydrogens is 522 g/mol. The van der Waals surface area contributed by atoms with Gasteiger partial charge in [0.15, 0.2) is 0 Å². The molecule has 0 fully saturated rings. The van der Waals surface area contributed by atoms with Crippen LogP contribution in [0.4, 0.5) is 14.5 Å². The van der Waals surface area contributed by atoms with E-state index in [0.29, 0.717) is 28.0 Å². The maximum Gasteiger partial charge on any atom is 0.248 e. The highest BCUT2D eigenvalue weighted by molar-refractivity contribution is 7.92. The van der Waals surface area contributed by atoms with Gasteiger partial charge in [-0.1, -0.05) is 36.7 Å². The van der Waals surface area contributed by atoms with Gasteiger partial charge in [0.2, 0.25) is 21.8 Å². The molecular formula is C26H21ClF2N4O3S. The Labute approximate surface area is 216 Å². The molecule has 3 aromatic carbocycles. The predicted molar refractivity (Wildman–Crippen MR) is 138 cm³/mol. The molecule has 0 saturated carbocycles. The summed E-state index contributed by atoms with van der Waals surface area (Å²) in [4.78, 5) is 0. The summed E-state index contributed by atoms with van der Waals surface area (Å²) in [5, 5.41) is 9.61. The minimum Gasteiger partial charge on any atom is -0.418 e. The summed E-state index contributed by atoms with van der Waals surface area (Å²) in [6.07, 6.45) is 3.32. The lowest BCUT2D eigenvalue weighted by atomic mass is 9.86. The Kier molecular flexibility index (Phi) is 6.25. The topological polar surface area (TPSA) is 90.0 Å². The number of hydrogen-bond donors (Lipinski definition) is 1. The summed E-state index contributed by atoms with van der Waals surface area (Å²) in [5.41, 5.74) is 0.921. The number of fused-ring (bicyclic) bond motifs is 1. The first kappa shape index (κ1) is 24.9. The van der Waals surface area contributed by atoms with Gasteiger partial charge in [0.05, 0.1) is 17.5 Å². The zero-order valence-corrected chi connectivity index (χ0v) is 21.3. The van der Waals surface area contributed by atoms with E-state index in [9.17, 15) is 17.2 Å². The number of benzene rings is 3. The lowest BCUT2D eigenvalue weighted by molar-refractivity contribution is 0.325. The summed E-state index contributed by atoms with van der Waals surface area (Å²) in [6, 6.07) is 17.2. The molecule has 5 aromatic rings. The highest BCUT2D eigenvalue weighted by Crippen LogP contribution is 2.41. The highest BCUT2D eigenvalue weighted by Gasteiger charge is 2.41. The Hall–Kier alpha value is -3.76. The standard InChI is InChI=1S/C26H21ClF2N4O3S/c1-3-26(17-7-9-18(27)10-8-17,25-31-30-24(36-25)16-13-19(28)15-20(29)14-16)33-12-11-21-22(32-37(2,34)35)5-4-6-23(21)33/h4-15,32H,3H2,1-2H3. The van der Waals surface area contributed by atoms with Crippen LogP contribution in [-0.2, 0) is 15.6 Å². The zero-order valence-electron chi connectivity index (χ0n) is 19.7. The van der Waals surface area contributed by atoms with E-state index in [1.54, 1.807) is 30.3 Å². The molecule has 7 nitrogen and oxygen atoms in total. The Bertz CT molecular complexity index is 1700. The highest BCUT2D eigenvalue weighted by atomic mass is 35.5. The van der Waals surface area contributed by atoms with Gasteiger partial charge in [-0.2, -0.15) is 0 Å². The van der Waals surface area contributed by atoms with Crippen molar-refractivity contribution in [3.63, 3.8) is 0 Å². The van der Waals surface area contributed by atoms with E-state index in [1.165, 1.54) is 0 Å². The van der Waals surface area contributed by atoms with Crippen LogP contribution in [0.15, 0.2) is 77.3 Å². The van der Waals surface area contributed by atoms with E-state index in [0.717, 1.165) is 30.0 Å². The molecule has 2 heterocycles. The average Bonchev–Trinajstić information content (AvgIpc) is 3.49. The number of nitrogens with one attached hydrogen (secondary N) is 1. The van der Waals surface area contributed by atoms with Crippen molar-refractivity contribution in [1.82, 2.24) is 14.8 Å². The van der Waals surface area contributed by atoms with Crippen molar-refractivity contribution in [2.24, 2.45) is 0 Å². The van der Waals surface area contributed by atoms with Crippen LogP contribution in [0, 0.1) is 11.6 Å². The second-order valence-electron chi connectivity index (χ2n) is 8.59. The van der Waals surface area contributed by atoms with Crippen LogP contribution >= 0.6 is 11.6 Å². The average molecular weight is 543 g/mol. The van der Waals surface area contributed by atoms with Gasteiger partial charge in [0, 0.05) is 28.2 Å². The zero-order chi connectivity index (χ0) is 26.4. The van der Waals surface area contributed by atoms with Crippen molar-refractivity contribution >= 4 is 38.2 Å². The van der Waals surface area contributed by atoms with Gasteiger partial charge in [-0.25, -0.2) is 17.2 Å². The molecule has 0 aliphatic carbocycles. The Morgan fingerprint density at radius 2 is 1.73 bits per heavy atom. The molecule has 1 atom stereocenters. The van der Waals surface area contributed by atoms with Crippen LogP contribution in [0.2, 0.25) is 5.02 Å². The summed E-state index contributed by atoms with van der Waals surface area (Å²) >= 11 is 6.17. The van der Waals surface area contributed by atoms with Gasteiger partial charge in [0.1, 0.15) is 17.2 Å². The number of rotatable bonds is 7. The molecule has 5 rings (SSSR count). The van der Waals surface area contributed by atoms with E-state index in [1.807, 2.05) is 35.9 Å². The summed E-state index contributed by atoms with van der Waals surface area (Å²) in [7, 11) is -3.52. The van der Waals surface area contributed by atoms with Crippen molar-refractivity contribution in [3.05, 3.63) is 101 Å². The number of aromatic nitrogens is 3. The van der Waals surface area contributed by atoms with Crippen LogP contribution in [0.25, 0.3) is 22.4 Å². The summed E-state index contributed by atoms with van der Waals surface area (Å²) in [5.74, 6) is -1.40. The third-order valence-corrected chi connectivity index (χ3v) is 7.00. The van der Waals surface area contributed by atoms with Crippen LogP contribution in [-0.4, -0.2) is 29.4 Å². The van der Waals surface area contributed by atoms with E-state index < -0.39 is 27.2 Å². The molecule has 1 unspecified atom stereocenters. The van der Waals surface area contributed by atoms with Gasteiger partial charge in [-0.05, 0) is 54.4 Å². The Balaban J connectivity index is 1.76. The van der Waals surface area contributed by atoms with E-state index in [2.05, 4.69) is 14.9 Å². The molecule has 11 heteroatoms. The number of sulfonamides is 1. The van der Waals surface area contributed by atoms with Gasteiger partial charge in [0.25, 0.3) is 0 Å². The lowest BCUT2D eigenvalue weighted by Gasteiger charge is -2.33. The molecule has 37 heavy (non-hydrogen) atoms. The summed E-state index contributed by atoms with van der Waals surface area (Å²) in [6.45, 7) is 1.94. The smallest absolute Gasteiger partial charge is 0.248 e. The normalized spacial score (nSPS) is 13.5. The van der Waals surface area contributed by atoms with E-state index >= 15 is 0 Å². The van der Waals surface area contributed by atoms with Gasteiger partial charge >= 0.3 is 0 Å². The van der Waals surface area contributed by atoms with E-state index in [4.69, 9.17) is 16.0 Å². The van der Waals surface area contributed by atoms with E-state index in [-0.39, 0.29) is 17.3 Å². The fraction of sp³-hybridized carbons (Fsp3) is 0.154. The monoisotopic (exact) mass is 542 g/mol. The van der Waals surface area contributed by atoms with Crippen molar-refractivity contribution in [1.29, 1.82) is 0 Å². The third-order valence-electron chi connectivity index (χ3n) is 6.16. The first-order chi connectivity index (χ1) is 17.6. The second-order valence-corrected chi connectivity index (χ2v) is 10.8. The quantitative estimate of drug-likeness (QED) is 0.264.